The summed E-state index contributed by atoms with van der Waals surface area (Å²) in [4.78, 5) is 4.13. The van der Waals surface area contributed by atoms with Crippen molar-refractivity contribution in [3.63, 3.8) is 0 Å². The Balaban J connectivity index is 2.14. The lowest BCUT2D eigenvalue weighted by molar-refractivity contribution is 0.482. The molecule has 0 spiro atoms. The fourth-order valence-corrected chi connectivity index (χ4v) is 1.72. The van der Waals surface area contributed by atoms with Gasteiger partial charge in [0.05, 0.1) is 12.6 Å². The van der Waals surface area contributed by atoms with E-state index >= 15 is 0 Å². The van der Waals surface area contributed by atoms with E-state index < -0.39 is 0 Å². The molecular weight excluding hydrogens is 170 g/mol. The summed E-state index contributed by atoms with van der Waals surface area (Å²) >= 11 is 1.70. The first-order valence-electron chi connectivity index (χ1n) is 3.77. The Bertz CT molecular complexity index is 350. The van der Waals surface area contributed by atoms with Gasteiger partial charge in [-0.3, -0.25) is 0 Å². The van der Waals surface area contributed by atoms with Crippen LogP contribution in [0.5, 0.6) is 0 Å². The highest BCUT2D eigenvalue weighted by atomic mass is 32.1. The predicted octanol–water partition coefficient (Wildman–Crippen LogP) is 2.64. The lowest BCUT2D eigenvalue weighted by Crippen LogP contribution is -1.83. The summed E-state index contributed by atoms with van der Waals surface area (Å²) in [5.41, 5.74) is 1.27. The molecule has 12 heavy (non-hydrogen) atoms. The second-order valence-electron chi connectivity index (χ2n) is 2.67. The van der Waals surface area contributed by atoms with Crippen LogP contribution in [0.15, 0.2) is 27.4 Å². The molecule has 0 fully saturated rings. The molecule has 2 aromatic rings. The molecule has 0 aliphatic heterocycles. The first kappa shape index (κ1) is 7.55. The van der Waals surface area contributed by atoms with Crippen molar-refractivity contribution in [2.45, 2.75) is 13.3 Å². The van der Waals surface area contributed by atoms with Crippen LogP contribution < -0.4 is 0 Å². The molecule has 2 aromatic heterocycles. The number of thiophene rings is 1. The molecule has 0 saturated carbocycles. The smallest absolute Gasteiger partial charge is 0.198 e. The van der Waals surface area contributed by atoms with Crippen LogP contribution in [-0.2, 0) is 6.42 Å². The number of nitrogens with zero attached hydrogens (tertiary/aromatic N) is 1. The predicted molar refractivity (Wildman–Crippen MR) is 48.4 cm³/mol. The molecule has 2 nitrogen and oxygen atoms in total. The maximum absolute atomic E-state index is 5.35. The molecule has 0 N–H and O–H groups in total. The topological polar surface area (TPSA) is 26.0 Å². The first-order valence-corrected chi connectivity index (χ1v) is 4.71. The monoisotopic (exact) mass is 179 g/mol. The Morgan fingerprint density at radius 2 is 2.50 bits per heavy atom. The minimum atomic E-state index is 0.797. The Kier molecular flexibility index (Phi) is 1.96. The van der Waals surface area contributed by atoms with Crippen molar-refractivity contribution in [1.82, 2.24) is 4.98 Å². The molecular formula is C9H9NOS. The van der Waals surface area contributed by atoms with E-state index in [1.54, 1.807) is 17.5 Å². The van der Waals surface area contributed by atoms with Crippen LogP contribution in [0.25, 0.3) is 0 Å². The fourth-order valence-electron chi connectivity index (χ4n) is 1.05. The van der Waals surface area contributed by atoms with E-state index in [1.807, 2.05) is 6.92 Å². The average Bonchev–Trinajstić information content (AvgIpc) is 2.63. The van der Waals surface area contributed by atoms with Gasteiger partial charge in [-0.25, -0.2) is 4.98 Å². The van der Waals surface area contributed by atoms with Crippen molar-refractivity contribution in [2.24, 2.45) is 0 Å². The van der Waals surface area contributed by atoms with Crippen LogP contribution in [0.4, 0.5) is 0 Å². The summed E-state index contributed by atoms with van der Waals surface area (Å²) in [5, 5.41) is 4.17. The van der Waals surface area contributed by atoms with Gasteiger partial charge in [0, 0.05) is 0 Å². The molecule has 0 aliphatic carbocycles. The van der Waals surface area contributed by atoms with Crippen molar-refractivity contribution >= 4 is 11.3 Å². The maximum atomic E-state index is 5.35. The van der Waals surface area contributed by atoms with Crippen LogP contribution in [0.3, 0.4) is 0 Å². The summed E-state index contributed by atoms with van der Waals surface area (Å²) in [6.45, 7) is 1.91. The molecule has 0 amide bonds. The Labute approximate surface area is 74.9 Å². The van der Waals surface area contributed by atoms with Crippen molar-refractivity contribution < 1.29 is 4.42 Å². The van der Waals surface area contributed by atoms with Gasteiger partial charge in [0.25, 0.3) is 0 Å². The molecule has 0 radical (unpaired) electrons. The van der Waals surface area contributed by atoms with Crippen molar-refractivity contribution in [1.29, 1.82) is 0 Å². The quantitative estimate of drug-likeness (QED) is 0.708. The number of hydrogen-bond acceptors (Lipinski definition) is 3. The third kappa shape index (κ3) is 1.56. The highest BCUT2D eigenvalue weighted by Crippen LogP contribution is 2.12. The summed E-state index contributed by atoms with van der Waals surface area (Å²) < 4.78 is 5.35. The Hall–Kier alpha value is -1.09. The second-order valence-corrected chi connectivity index (χ2v) is 3.45. The lowest BCUT2D eigenvalue weighted by atomic mass is 10.2. The zero-order valence-corrected chi connectivity index (χ0v) is 7.60. The van der Waals surface area contributed by atoms with Gasteiger partial charge in [0.15, 0.2) is 5.89 Å². The zero-order valence-electron chi connectivity index (χ0n) is 6.78. The van der Waals surface area contributed by atoms with Crippen LogP contribution in [0.1, 0.15) is 17.2 Å². The molecule has 0 unspecified atom stereocenters. The van der Waals surface area contributed by atoms with Gasteiger partial charge in [0.1, 0.15) is 5.76 Å². The van der Waals surface area contributed by atoms with E-state index in [0.29, 0.717) is 0 Å². The Morgan fingerprint density at radius 3 is 3.08 bits per heavy atom. The van der Waals surface area contributed by atoms with Gasteiger partial charge in [-0.1, -0.05) is 0 Å². The van der Waals surface area contributed by atoms with Gasteiger partial charge >= 0.3 is 0 Å². The molecule has 2 rings (SSSR count). The van der Waals surface area contributed by atoms with E-state index in [9.17, 15) is 0 Å². The van der Waals surface area contributed by atoms with Crippen LogP contribution in [0, 0.1) is 6.92 Å². The standard InChI is InChI=1S/C9H9NOS/c1-7-5-10-9(11-7)4-8-2-3-12-6-8/h2-3,5-6H,4H2,1H3. The van der Waals surface area contributed by atoms with E-state index in [4.69, 9.17) is 4.42 Å². The largest absolute Gasteiger partial charge is 0.446 e. The number of aryl methyl sites for hydroxylation is 1. The van der Waals surface area contributed by atoms with Gasteiger partial charge in [0.2, 0.25) is 0 Å². The first-order chi connectivity index (χ1) is 5.84. The molecule has 0 aliphatic rings. The van der Waals surface area contributed by atoms with E-state index in [2.05, 4.69) is 21.8 Å². The summed E-state index contributed by atoms with van der Waals surface area (Å²) in [6, 6.07) is 2.09. The minimum absolute atomic E-state index is 0.797. The van der Waals surface area contributed by atoms with E-state index in [1.165, 1.54) is 5.56 Å². The highest BCUT2D eigenvalue weighted by molar-refractivity contribution is 7.07. The van der Waals surface area contributed by atoms with Crippen LogP contribution in [-0.4, -0.2) is 4.98 Å². The maximum Gasteiger partial charge on any atom is 0.198 e. The molecule has 62 valence electrons. The van der Waals surface area contributed by atoms with Crippen LogP contribution >= 0.6 is 11.3 Å². The average molecular weight is 179 g/mol. The van der Waals surface area contributed by atoms with Gasteiger partial charge in [-0.15, -0.1) is 0 Å². The number of rotatable bonds is 2. The molecule has 3 heteroatoms. The SMILES string of the molecule is Cc1cnc(Cc2ccsc2)o1. The third-order valence-corrected chi connectivity index (χ3v) is 2.34. The van der Waals surface area contributed by atoms with E-state index in [0.717, 1.165) is 18.1 Å². The Morgan fingerprint density at radius 1 is 1.58 bits per heavy atom. The number of hydrogen-bond donors (Lipinski definition) is 0. The summed E-state index contributed by atoms with van der Waals surface area (Å²) in [5.74, 6) is 1.67. The molecule has 2 heterocycles. The van der Waals surface area contributed by atoms with Gasteiger partial charge in [-0.2, -0.15) is 11.3 Å². The highest BCUT2D eigenvalue weighted by Gasteiger charge is 2.01. The fraction of sp³-hybridized carbons (Fsp3) is 0.222. The number of aromatic nitrogens is 1. The van der Waals surface area contributed by atoms with Gasteiger partial charge < -0.3 is 4.42 Å². The second kappa shape index (κ2) is 3.11. The third-order valence-electron chi connectivity index (χ3n) is 1.60. The van der Waals surface area contributed by atoms with Gasteiger partial charge in [-0.05, 0) is 29.3 Å². The summed E-state index contributed by atoms with van der Waals surface area (Å²) in [6.07, 6.45) is 2.55. The molecule has 0 saturated heterocycles. The van der Waals surface area contributed by atoms with E-state index in [-0.39, 0.29) is 0 Å². The lowest BCUT2D eigenvalue weighted by Gasteiger charge is -1.89. The molecule has 0 aromatic carbocycles. The summed E-state index contributed by atoms with van der Waals surface area (Å²) in [7, 11) is 0. The van der Waals surface area contributed by atoms with Crippen molar-refractivity contribution in [3.05, 3.63) is 40.2 Å². The molecule has 0 atom stereocenters. The zero-order chi connectivity index (χ0) is 8.39. The molecule has 0 bridgehead atoms. The van der Waals surface area contributed by atoms with Crippen molar-refractivity contribution in [3.8, 4) is 0 Å². The minimum Gasteiger partial charge on any atom is -0.446 e. The normalized spacial score (nSPS) is 10.4. The van der Waals surface area contributed by atoms with Crippen LogP contribution in [0.2, 0.25) is 0 Å². The van der Waals surface area contributed by atoms with Crippen molar-refractivity contribution in [2.75, 3.05) is 0 Å². The number of oxazole rings is 1.